The smallest absolute Gasteiger partial charge is 0.331 e. The molecule has 1 amide bonds. The summed E-state index contributed by atoms with van der Waals surface area (Å²) in [5.74, 6) is -0.199. The summed E-state index contributed by atoms with van der Waals surface area (Å²) in [5.41, 5.74) is 4.21. The Balaban J connectivity index is 1.47. The van der Waals surface area contributed by atoms with Gasteiger partial charge in [0.2, 0.25) is 0 Å². The number of esters is 1. The van der Waals surface area contributed by atoms with Gasteiger partial charge in [-0.05, 0) is 50.5 Å². The molecule has 0 bridgehead atoms. The standard InChI is InChI=1S/C22H26N2O4/c1-15-12-17(16(2)24(15)19-9-10-19)8-11-22(26)28-14-21(25)23-13-18-6-4-5-7-20(18)27-3/h4-8,11-12,19H,9-10,13-14H2,1-3H3,(H,23,25)/b11-8+. The number of carbonyl (C=O) groups excluding carboxylic acids is 2. The van der Waals surface area contributed by atoms with Gasteiger partial charge in [-0.1, -0.05) is 18.2 Å². The van der Waals surface area contributed by atoms with Crippen molar-refractivity contribution < 1.29 is 19.1 Å². The molecule has 0 spiro atoms. The first kappa shape index (κ1) is 19.7. The van der Waals surface area contributed by atoms with Crippen molar-refractivity contribution in [2.24, 2.45) is 0 Å². The lowest BCUT2D eigenvalue weighted by atomic mass is 10.2. The number of aryl methyl sites for hydroxylation is 1. The summed E-state index contributed by atoms with van der Waals surface area (Å²) in [6.07, 6.45) is 5.54. The predicted octanol–water partition coefficient (Wildman–Crippen LogP) is 3.32. The molecule has 6 heteroatoms. The van der Waals surface area contributed by atoms with E-state index in [-0.39, 0.29) is 12.5 Å². The number of carbonyl (C=O) groups is 2. The highest BCUT2D eigenvalue weighted by Gasteiger charge is 2.26. The van der Waals surface area contributed by atoms with Gasteiger partial charge in [-0.3, -0.25) is 4.79 Å². The molecule has 1 aromatic carbocycles. The van der Waals surface area contributed by atoms with E-state index in [4.69, 9.17) is 9.47 Å². The fourth-order valence-corrected chi connectivity index (χ4v) is 3.30. The van der Waals surface area contributed by atoms with Crippen molar-refractivity contribution in [1.29, 1.82) is 0 Å². The Morgan fingerprint density at radius 2 is 2.00 bits per heavy atom. The summed E-state index contributed by atoms with van der Waals surface area (Å²) in [5, 5.41) is 2.72. The molecule has 0 radical (unpaired) electrons. The van der Waals surface area contributed by atoms with Crippen molar-refractivity contribution in [2.75, 3.05) is 13.7 Å². The van der Waals surface area contributed by atoms with Crippen molar-refractivity contribution in [1.82, 2.24) is 9.88 Å². The zero-order chi connectivity index (χ0) is 20.1. The summed E-state index contributed by atoms with van der Waals surface area (Å²) in [7, 11) is 1.58. The van der Waals surface area contributed by atoms with E-state index < -0.39 is 5.97 Å². The number of nitrogens with one attached hydrogen (secondary N) is 1. The van der Waals surface area contributed by atoms with Crippen LogP contribution >= 0.6 is 0 Å². The first-order valence-corrected chi connectivity index (χ1v) is 9.41. The van der Waals surface area contributed by atoms with E-state index in [0.717, 1.165) is 16.8 Å². The lowest BCUT2D eigenvalue weighted by Crippen LogP contribution is -2.28. The Morgan fingerprint density at radius 3 is 2.71 bits per heavy atom. The largest absolute Gasteiger partial charge is 0.496 e. The van der Waals surface area contributed by atoms with Gasteiger partial charge < -0.3 is 19.4 Å². The number of nitrogens with zero attached hydrogens (tertiary/aromatic N) is 1. The number of hydrogen-bond donors (Lipinski definition) is 1. The van der Waals surface area contributed by atoms with Crippen LogP contribution in [0.5, 0.6) is 5.75 Å². The maximum absolute atomic E-state index is 11.9. The molecule has 148 valence electrons. The topological polar surface area (TPSA) is 69.6 Å². The molecule has 1 N–H and O–H groups in total. The zero-order valence-electron chi connectivity index (χ0n) is 16.5. The average Bonchev–Trinajstić information content (AvgIpc) is 3.48. The first-order chi connectivity index (χ1) is 13.5. The summed E-state index contributed by atoms with van der Waals surface area (Å²) in [6.45, 7) is 4.12. The highest BCUT2D eigenvalue weighted by Crippen LogP contribution is 2.38. The van der Waals surface area contributed by atoms with Gasteiger partial charge in [0.05, 0.1) is 7.11 Å². The fraction of sp³-hybridized carbons (Fsp3) is 0.364. The number of methoxy groups -OCH3 is 1. The molecule has 28 heavy (non-hydrogen) atoms. The van der Waals surface area contributed by atoms with Crippen LogP contribution in [0.4, 0.5) is 0 Å². The Labute approximate surface area is 165 Å². The summed E-state index contributed by atoms with van der Waals surface area (Å²) < 4.78 is 12.6. The third-order valence-electron chi connectivity index (χ3n) is 4.85. The van der Waals surface area contributed by atoms with E-state index in [1.165, 1.54) is 24.6 Å². The van der Waals surface area contributed by atoms with Gasteiger partial charge in [0, 0.05) is 35.6 Å². The van der Waals surface area contributed by atoms with Crippen molar-refractivity contribution >= 4 is 18.0 Å². The van der Waals surface area contributed by atoms with E-state index in [0.29, 0.717) is 18.3 Å². The number of hydrogen-bond acceptors (Lipinski definition) is 4. The molecular formula is C22H26N2O4. The van der Waals surface area contributed by atoms with Crippen molar-refractivity contribution in [2.45, 2.75) is 39.3 Å². The lowest BCUT2D eigenvalue weighted by molar-refractivity contribution is -0.143. The molecule has 1 aromatic heterocycles. The van der Waals surface area contributed by atoms with Crippen molar-refractivity contribution in [3.63, 3.8) is 0 Å². The van der Waals surface area contributed by atoms with Crippen LogP contribution < -0.4 is 10.1 Å². The molecule has 0 atom stereocenters. The van der Waals surface area contributed by atoms with Crippen LogP contribution in [0.15, 0.2) is 36.4 Å². The maximum Gasteiger partial charge on any atom is 0.331 e. The highest BCUT2D eigenvalue weighted by molar-refractivity contribution is 5.89. The van der Waals surface area contributed by atoms with Crippen LogP contribution in [0.3, 0.4) is 0 Å². The third-order valence-corrected chi connectivity index (χ3v) is 4.85. The number of amides is 1. The second-order valence-electron chi connectivity index (χ2n) is 6.96. The molecule has 1 saturated carbocycles. The molecular weight excluding hydrogens is 356 g/mol. The predicted molar refractivity (Wildman–Crippen MR) is 107 cm³/mol. The molecule has 1 aliphatic carbocycles. The lowest BCUT2D eigenvalue weighted by Gasteiger charge is -2.09. The molecule has 0 saturated heterocycles. The van der Waals surface area contributed by atoms with Gasteiger partial charge in [-0.25, -0.2) is 4.79 Å². The fourth-order valence-electron chi connectivity index (χ4n) is 3.30. The molecule has 3 rings (SSSR count). The average molecular weight is 382 g/mol. The van der Waals surface area contributed by atoms with Gasteiger partial charge in [0.1, 0.15) is 5.75 Å². The van der Waals surface area contributed by atoms with Crippen LogP contribution in [0.2, 0.25) is 0 Å². The Kier molecular flexibility index (Phi) is 6.19. The number of para-hydroxylation sites is 1. The minimum absolute atomic E-state index is 0.309. The van der Waals surface area contributed by atoms with Gasteiger partial charge in [-0.15, -0.1) is 0 Å². The van der Waals surface area contributed by atoms with Crippen molar-refractivity contribution in [3.8, 4) is 5.75 Å². The normalized spacial score (nSPS) is 13.5. The van der Waals surface area contributed by atoms with E-state index >= 15 is 0 Å². The van der Waals surface area contributed by atoms with Crippen LogP contribution in [0.1, 0.15) is 41.4 Å². The Hall–Kier alpha value is -3.02. The molecule has 6 nitrogen and oxygen atoms in total. The number of ether oxygens (including phenoxy) is 2. The Morgan fingerprint density at radius 1 is 1.25 bits per heavy atom. The summed E-state index contributed by atoms with van der Waals surface area (Å²) in [6, 6.07) is 10.1. The summed E-state index contributed by atoms with van der Waals surface area (Å²) in [4.78, 5) is 23.9. The maximum atomic E-state index is 11.9. The van der Waals surface area contributed by atoms with Crippen LogP contribution in [-0.2, 0) is 20.9 Å². The van der Waals surface area contributed by atoms with E-state index in [2.05, 4.69) is 29.8 Å². The number of rotatable bonds is 8. The molecule has 2 aromatic rings. The van der Waals surface area contributed by atoms with E-state index in [1.807, 2.05) is 24.3 Å². The van der Waals surface area contributed by atoms with Gasteiger partial charge in [0.25, 0.3) is 5.91 Å². The molecule has 1 fully saturated rings. The van der Waals surface area contributed by atoms with Crippen LogP contribution in [0.25, 0.3) is 6.08 Å². The van der Waals surface area contributed by atoms with Crippen LogP contribution in [-0.4, -0.2) is 30.2 Å². The van der Waals surface area contributed by atoms with E-state index in [1.54, 1.807) is 13.2 Å². The van der Waals surface area contributed by atoms with Crippen molar-refractivity contribution in [3.05, 3.63) is 58.9 Å². The van der Waals surface area contributed by atoms with Gasteiger partial charge >= 0.3 is 5.97 Å². The minimum Gasteiger partial charge on any atom is -0.496 e. The quantitative estimate of drug-likeness (QED) is 0.562. The molecule has 0 aliphatic heterocycles. The third kappa shape index (κ3) is 4.82. The zero-order valence-corrected chi connectivity index (χ0v) is 16.5. The SMILES string of the molecule is COc1ccccc1CNC(=O)COC(=O)/C=C/c1cc(C)n(C2CC2)c1C. The Bertz CT molecular complexity index is 894. The minimum atomic E-state index is -0.538. The first-order valence-electron chi connectivity index (χ1n) is 9.41. The highest BCUT2D eigenvalue weighted by atomic mass is 16.5. The number of benzene rings is 1. The van der Waals surface area contributed by atoms with Gasteiger partial charge in [-0.2, -0.15) is 0 Å². The number of aromatic nitrogens is 1. The summed E-state index contributed by atoms with van der Waals surface area (Å²) >= 11 is 0. The second-order valence-corrected chi connectivity index (χ2v) is 6.96. The van der Waals surface area contributed by atoms with Gasteiger partial charge in [0.15, 0.2) is 6.61 Å². The molecule has 0 unspecified atom stereocenters. The van der Waals surface area contributed by atoms with Crippen LogP contribution in [0, 0.1) is 13.8 Å². The molecule has 1 aliphatic rings. The monoisotopic (exact) mass is 382 g/mol. The molecule has 1 heterocycles. The van der Waals surface area contributed by atoms with E-state index in [9.17, 15) is 9.59 Å². The second kappa shape index (κ2) is 8.78.